The van der Waals surface area contributed by atoms with E-state index < -0.39 is 5.82 Å². The molecule has 0 amide bonds. The van der Waals surface area contributed by atoms with Gasteiger partial charge < -0.3 is 0 Å². The van der Waals surface area contributed by atoms with E-state index in [0.29, 0.717) is 5.56 Å². The van der Waals surface area contributed by atoms with Gasteiger partial charge in [0.05, 0.1) is 5.02 Å². The van der Waals surface area contributed by atoms with Gasteiger partial charge in [0.2, 0.25) is 0 Å². The summed E-state index contributed by atoms with van der Waals surface area (Å²) < 4.78 is 13.1. The Morgan fingerprint density at radius 1 is 1.12 bits per heavy atom. The summed E-state index contributed by atoms with van der Waals surface area (Å²) in [6.45, 7) is 1.83. The van der Waals surface area contributed by atoms with Crippen LogP contribution in [-0.4, -0.2) is 5.78 Å². The fourth-order valence-electron chi connectivity index (χ4n) is 1.64. The molecule has 0 fully saturated rings. The van der Waals surface area contributed by atoms with Crippen LogP contribution in [0.15, 0.2) is 42.5 Å². The van der Waals surface area contributed by atoms with Gasteiger partial charge in [-0.1, -0.05) is 35.9 Å². The zero-order valence-corrected chi connectivity index (χ0v) is 9.96. The molecule has 1 nitrogen and oxygen atoms in total. The number of rotatable bonds is 2. The maximum Gasteiger partial charge on any atom is 0.194 e. The predicted octanol–water partition coefficient (Wildman–Crippen LogP) is 4.02. The highest BCUT2D eigenvalue weighted by Gasteiger charge is 2.15. The van der Waals surface area contributed by atoms with Gasteiger partial charge in [0.15, 0.2) is 5.78 Å². The van der Waals surface area contributed by atoms with Crippen molar-refractivity contribution in [2.45, 2.75) is 6.92 Å². The largest absolute Gasteiger partial charge is 0.289 e. The second kappa shape index (κ2) is 4.68. The average molecular weight is 249 g/mol. The fraction of sp³-hybridized carbons (Fsp3) is 0.0714. The molecule has 0 unspecified atom stereocenters. The van der Waals surface area contributed by atoms with E-state index in [1.54, 1.807) is 12.1 Å². The van der Waals surface area contributed by atoms with E-state index in [-0.39, 0.29) is 16.4 Å². The lowest BCUT2D eigenvalue weighted by molar-refractivity contribution is 0.103. The molecule has 0 aliphatic carbocycles. The summed E-state index contributed by atoms with van der Waals surface area (Å²) >= 11 is 5.91. The van der Waals surface area contributed by atoms with Gasteiger partial charge in [0, 0.05) is 11.1 Å². The molecule has 0 aromatic heterocycles. The molecule has 0 spiro atoms. The average Bonchev–Trinajstić information content (AvgIpc) is 2.32. The van der Waals surface area contributed by atoms with Crippen LogP contribution in [0.25, 0.3) is 0 Å². The standard InChI is InChI=1S/C14H10ClFO/c1-9-4-2-3-5-11(9)14(17)12-8-10(16)6-7-13(12)15/h2-8H,1H3. The maximum atomic E-state index is 13.1. The van der Waals surface area contributed by atoms with Crippen LogP contribution < -0.4 is 0 Å². The van der Waals surface area contributed by atoms with Crippen LogP contribution in [0.2, 0.25) is 5.02 Å². The Balaban J connectivity index is 2.51. The summed E-state index contributed by atoms with van der Waals surface area (Å²) in [5.74, 6) is -0.723. The van der Waals surface area contributed by atoms with E-state index in [2.05, 4.69) is 0 Å². The Labute approximate surface area is 104 Å². The molecule has 2 aromatic rings. The predicted molar refractivity (Wildman–Crippen MR) is 66.0 cm³/mol. The molecule has 2 rings (SSSR count). The van der Waals surface area contributed by atoms with Crippen LogP contribution in [0.5, 0.6) is 0 Å². The highest BCUT2D eigenvalue weighted by molar-refractivity contribution is 6.35. The first-order chi connectivity index (χ1) is 8.09. The first-order valence-electron chi connectivity index (χ1n) is 5.15. The highest BCUT2D eigenvalue weighted by atomic mass is 35.5. The third-order valence-corrected chi connectivity index (χ3v) is 2.89. The van der Waals surface area contributed by atoms with Crippen molar-refractivity contribution < 1.29 is 9.18 Å². The summed E-state index contributed by atoms with van der Waals surface area (Å²) in [4.78, 5) is 12.2. The van der Waals surface area contributed by atoms with Crippen molar-refractivity contribution >= 4 is 17.4 Å². The molecule has 2 aromatic carbocycles. The number of benzene rings is 2. The lowest BCUT2D eigenvalue weighted by Crippen LogP contribution is -2.04. The number of hydrogen-bond donors (Lipinski definition) is 0. The van der Waals surface area contributed by atoms with Crippen LogP contribution >= 0.6 is 11.6 Å². The Morgan fingerprint density at radius 3 is 2.53 bits per heavy atom. The van der Waals surface area contributed by atoms with E-state index in [0.717, 1.165) is 11.6 Å². The van der Waals surface area contributed by atoms with Gasteiger partial charge in [-0.15, -0.1) is 0 Å². The Bertz CT molecular complexity index is 578. The minimum Gasteiger partial charge on any atom is -0.289 e. The molecule has 0 heterocycles. The van der Waals surface area contributed by atoms with Gasteiger partial charge in [0.1, 0.15) is 5.82 Å². The summed E-state index contributed by atoms with van der Waals surface area (Å²) in [7, 11) is 0. The van der Waals surface area contributed by atoms with Crippen molar-refractivity contribution in [3.8, 4) is 0 Å². The fourth-order valence-corrected chi connectivity index (χ4v) is 1.85. The van der Waals surface area contributed by atoms with Crippen LogP contribution in [0.4, 0.5) is 4.39 Å². The van der Waals surface area contributed by atoms with Crippen LogP contribution in [0, 0.1) is 12.7 Å². The van der Waals surface area contributed by atoms with Crippen molar-refractivity contribution in [3.05, 3.63) is 70.0 Å². The first-order valence-corrected chi connectivity index (χ1v) is 5.53. The third-order valence-electron chi connectivity index (χ3n) is 2.56. The second-order valence-corrected chi connectivity index (χ2v) is 4.18. The van der Waals surface area contributed by atoms with E-state index in [4.69, 9.17) is 11.6 Å². The molecule has 0 bridgehead atoms. The quantitative estimate of drug-likeness (QED) is 0.734. The summed E-state index contributed by atoms with van der Waals surface area (Å²) in [5, 5.41) is 0.264. The van der Waals surface area contributed by atoms with Crippen molar-refractivity contribution in [1.29, 1.82) is 0 Å². The maximum absolute atomic E-state index is 13.1. The minimum atomic E-state index is -0.466. The SMILES string of the molecule is Cc1ccccc1C(=O)c1cc(F)ccc1Cl. The zero-order valence-electron chi connectivity index (χ0n) is 9.21. The lowest BCUT2D eigenvalue weighted by atomic mass is 9.99. The summed E-state index contributed by atoms with van der Waals surface area (Å²) in [5.41, 5.74) is 1.58. The smallest absolute Gasteiger partial charge is 0.194 e. The number of carbonyl (C=O) groups excluding carboxylic acids is 1. The molecule has 0 aliphatic rings. The number of carbonyl (C=O) groups is 1. The highest BCUT2D eigenvalue weighted by Crippen LogP contribution is 2.22. The molecular formula is C14H10ClFO. The zero-order chi connectivity index (χ0) is 12.4. The van der Waals surface area contributed by atoms with Crippen LogP contribution in [0.1, 0.15) is 21.5 Å². The minimum absolute atomic E-state index is 0.195. The molecule has 0 radical (unpaired) electrons. The molecule has 0 saturated heterocycles. The van der Waals surface area contributed by atoms with Crippen molar-refractivity contribution in [2.24, 2.45) is 0 Å². The molecule has 0 N–H and O–H groups in total. The molecule has 0 saturated carbocycles. The molecule has 0 atom stereocenters. The first kappa shape index (κ1) is 11.8. The monoisotopic (exact) mass is 248 g/mol. The topological polar surface area (TPSA) is 17.1 Å². The van der Waals surface area contributed by atoms with Crippen molar-refractivity contribution in [2.75, 3.05) is 0 Å². The normalized spacial score (nSPS) is 10.3. The molecular weight excluding hydrogens is 239 g/mol. The molecule has 17 heavy (non-hydrogen) atoms. The lowest BCUT2D eigenvalue weighted by Gasteiger charge is -2.06. The Kier molecular flexibility index (Phi) is 3.25. The van der Waals surface area contributed by atoms with Gasteiger partial charge in [-0.05, 0) is 30.7 Å². The van der Waals surface area contributed by atoms with Crippen molar-refractivity contribution in [1.82, 2.24) is 0 Å². The Morgan fingerprint density at radius 2 is 1.82 bits per heavy atom. The van der Waals surface area contributed by atoms with Gasteiger partial charge in [-0.2, -0.15) is 0 Å². The Hall–Kier alpha value is -1.67. The van der Waals surface area contributed by atoms with Gasteiger partial charge in [0.25, 0.3) is 0 Å². The van der Waals surface area contributed by atoms with Gasteiger partial charge in [-0.25, -0.2) is 4.39 Å². The summed E-state index contributed by atoms with van der Waals surface area (Å²) in [6.07, 6.45) is 0. The van der Waals surface area contributed by atoms with Crippen molar-refractivity contribution in [3.63, 3.8) is 0 Å². The number of aryl methyl sites for hydroxylation is 1. The molecule has 3 heteroatoms. The number of ketones is 1. The van der Waals surface area contributed by atoms with E-state index in [1.165, 1.54) is 12.1 Å². The summed E-state index contributed by atoms with van der Waals surface area (Å²) in [6, 6.07) is 10.9. The van der Waals surface area contributed by atoms with Gasteiger partial charge >= 0.3 is 0 Å². The van der Waals surface area contributed by atoms with Crippen LogP contribution in [-0.2, 0) is 0 Å². The molecule has 0 aliphatic heterocycles. The third kappa shape index (κ3) is 2.37. The second-order valence-electron chi connectivity index (χ2n) is 3.77. The van der Waals surface area contributed by atoms with Gasteiger partial charge in [-0.3, -0.25) is 4.79 Å². The van der Waals surface area contributed by atoms with E-state index in [1.807, 2.05) is 19.1 Å². The van der Waals surface area contributed by atoms with Crippen LogP contribution in [0.3, 0.4) is 0 Å². The molecule has 86 valence electrons. The van der Waals surface area contributed by atoms with E-state index >= 15 is 0 Å². The number of halogens is 2. The van der Waals surface area contributed by atoms with E-state index in [9.17, 15) is 9.18 Å². The number of hydrogen-bond acceptors (Lipinski definition) is 1.